The lowest BCUT2D eigenvalue weighted by Gasteiger charge is -2.09. The van der Waals surface area contributed by atoms with Crippen LogP contribution in [0.15, 0.2) is 0 Å². The van der Waals surface area contributed by atoms with Gasteiger partial charge in [-0.05, 0) is 12.2 Å². The molecule has 0 amide bonds. The van der Waals surface area contributed by atoms with Crippen LogP contribution in [0.25, 0.3) is 0 Å². The first-order chi connectivity index (χ1) is 8.70. The van der Waals surface area contributed by atoms with Gasteiger partial charge in [0.1, 0.15) is 0 Å². The second-order valence-corrected chi connectivity index (χ2v) is 6.48. The van der Waals surface area contributed by atoms with Gasteiger partial charge in [-0.2, -0.15) is 11.8 Å². The highest BCUT2D eigenvalue weighted by molar-refractivity contribution is 7.99. The molecule has 2 nitrogen and oxygen atoms in total. The molecule has 0 spiro atoms. The average molecular weight is 274 g/mol. The van der Waals surface area contributed by atoms with E-state index < -0.39 is 0 Å². The van der Waals surface area contributed by atoms with Gasteiger partial charge in [0, 0.05) is 5.25 Å². The van der Waals surface area contributed by atoms with Gasteiger partial charge in [-0.3, -0.25) is 4.79 Å². The van der Waals surface area contributed by atoms with E-state index in [1.807, 2.05) is 11.8 Å². The first-order valence-electron chi connectivity index (χ1n) is 7.39. The van der Waals surface area contributed by atoms with E-state index in [1.54, 1.807) is 0 Å². The Bertz CT molecular complexity index is 195. The maximum Gasteiger partial charge on any atom is 0.306 e. The molecule has 0 N–H and O–H groups in total. The highest BCUT2D eigenvalue weighted by Gasteiger charge is 2.08. The van der Waals surface area contributed by atoms with Crippen LogP contribution in [0.3, 0.4) is 0 Å². The lowest BCUT2D eigenvalue weighted by atomic mass is 10.1. The molecular weight excluding hydrogens is 244 g/mol. The second-order valence-electron chi connectivity index (χ2n) is 4.94. The van der Waals surface area contributed by atoms with Crippen LogP contribution in [0, 0.1) is 0 Å². The summed E-state index contributed by atoms with van der Waals surface area (Å²) in [6.45, 7) is 4.36. The van der Waals surface area contributed by atoms with E-state index in [0.717, 1.165) is 0 Å². The number of hydrogen-bond acceptors (Lipinski definition) is 3. The van der Waals surface area contributed by atoms with E-state index in [9.17, 15) is 4.79 Å². The van der Waals surface area contributed by atoms with Crippen LogP contribution in [-0.2, 0) is 9.53 Å². The molecule has 0 bridgehead atoms. The third-order valence-electron chi connectivity index (χ3n) is 3.08. The fourth-order valence-electron chi connectivity index (χ4n) is 1.90. The number of carbonyl (C=O) groups is 1. The third-order valence-corrected chi connectivity index (χ3v) is 4.34. The van der Waals surface area contributed by atoms with Gasteiger partial charge < -0.3 is 4.74 Å². The smallest absolute Gasteiger partial charge is 0.306 e. The van der Waals surface area contributed by atoms with Crippen molar-refractivity contribution in [3.05, 3.63) is 0 Å². The largest absolute Gasteiger partial charge is 0.469 e. The quantitative estimate of drug-likeness (QED) is 0.377. The molecule has 0 heterocycles. The molecule has 108 valence electrons. The van der Waals surface area contributed by atoms with Gasteiger partial charge in [-0.25, -0.2) is 0 Å². The molecule has 0 saturated heterocycles. The summed E-state index contributed by atoms with van der Waals surface area (Å²) in [5, 5.41) is 0.391. The van der Waals surface area contributed by atoms with Gasteiger partial charge in [-0.1, -0.05) is 58.8 Å². The Morgan fingerprint density at radius 2 is 1.61 bits per heavy atom. The maximum absolute atomic E-state index is 11.0. The van der Waals surface area contributed by atoms with E-state index in [2.05, 4.69) is 18.6 Å². The molecule has 0 aromatic heterocycles. The number of esters is 1. The fraction of sp³-hybridized carbons (Fsp3) is 0.933. The number of unbranched alkanes of at least 4 members (excludes halogenated alkanes) is 7. The molecule has 0 aromatic rings. The molecule has 0 aliphatic carbocycles. The zero-order valence-corrected chi connectivity index (χ0v) is 13.2. The van der Waals surface area contributed by atoms with Crippen molar-refractivity contribution >= 4 is 17.7 Å². The van der Waals surface area contributed by atoms with Crippen LogP contribution < -0.4 is 0 Å². The summed E-state index contributed by atoms with van der Waals surface area (Å²) >= 11 is 1.89. The van der Waals surface area contributed by atoms with Gasteiger partial charge in [0.25, 0.3) is 0 Å². The van der Waals surface area contributed by atoms with E-state index in [4.69, 9.17) is 0 Å². The zero-order valence-electron chi connectivity index (χ0n) is 12.4. The molecule has 0 aliphatic heterocycles. The van der Waals surface area contributed by atoms with Gasteiger partial charge in [0.15, 0.2) is 0 Å². The van der Waals surface area contributed by atoms with Crippen molar-refractivity contribution in [2.45, 2.75) is 76.9 Å². The minimum absolute atomic E-state index is 0.0917. The summed E-state index contributed by atoms with van der Waals surface area (Å²) < 4.78 is 4.66. The predicted octanol–water partition coefficient (Wildman–Crippen LogP) is 4.81. The molecule has 1 atom stereocenters. The van der Waals surface area contributed by atoms with E-state index in [-0.39, 0.29) is 5.97 Å². The summed E-state index contributed by atoms with van der Waals surface area (Å²) in [5.41, 5.74) is 0. The van der Waals surface area contributed by atoms with Crippen molar-refractivity contribution in [3.63, 3.8) is 0 Å². The number of thioether (sulfide) groups is 1. The molecule has 18 heavy (non-hydrogen) atoms. The van der Waals surface area contributed by atoms with Crippen LogP contribution in [0.4, 0.5) is 0 Å². The van der Waals surface area contributed by atoms with Crippen LogP contribution >= 0.6 is 11.8 Å². The predicted molar refractivity (Wildman–Crippen MR) is 81.2 cm³/mol. The van der Waals surface area contributed by atoms with E-state index in [0.29, 0.717) is 11.7 Å². The van der Waals surface area contributed by atoms with Crippen molar-refractivity contribution < 1.29 is 9.53 Å². The molecule has 0 radical (unpaired) electrons. The standard InChI is InChI=1S/C15H30O2S/c1-4-5-6-7-8-9-10-11-12-18-14(2)13-15(16)17-3/h14H,4-13H2,1-3H3. The first-order valence-corrected chi connectivity index (χ1v) is 8.44. The fourth-order valence-corrected chi connectivity index (χ4v) is 2.92. The molecule has 0 saturated carbocycles. The molecule has 0 rings (SSSR count). The summed E-state index contributed by atoms with van der Waals surface area (Å²) in [6, 6.07) is 0. The third kappa shape index (κ3) is 12.3. The van der Waals surface area contributed by atoms with Crippen LogP contribution in [0.1, 0.15) is 71.6 Å². The van der Waals surface area contributed by atoms with Crippen molar-refractivity contribution in [2.75, 3.05) is 12.9 Å². The van der Waals surface area contributed by atoms with E-state index in [1.165, 1.54) is 64.2 Å². The lowest BCUT2D eigenvalue weighted by molar-refractivity contribution is -0.140. The molecular formula is C15H30O2S. The van der Waals surface area contributed by atoms with Gasteiger partial charge >= 0.3 is 5.97 Å². The molecule has 3 heteroatoms. The summed E-state index contributed by atoms with van der Waals surface area (Å²) in [4.78, 5) is 11.0. The Morgan fingerprint density at radius 3 is 2.17 bits per heavy atom. The van der Waals surface area contributed by atoms with Crippen LogP contribution in [0.5, 0.6) is 0 Å². The Labute approximate surface area is 117 Å². The Hall–Kier alpha value is -0.180. The zero-order chi connectivity index (χ0) is 13.6. The molecule has 0 aromatic carbocycles. The molecule has 1 unspecified atom stereocenters. The number of ether oxygens (including phenoxy) is 1. The first kappa shape index (κ1) is 17.8. The van der Waals surface area contributed by atoms with Crippen LogP contribution in [0.2, 0.25) is 0 Å². The van der Waals surface area contributed by atoms with Gasteiger partial charge in [0.2, 0.25) is 0 Å². The monoisotopic (exact) mass is 274 g/mol. The number of carbonyl (C=O) groups excluding carboxylic acids is 1. The minimum atomic E-state index is -0.0917. The minimum Gasteiger partial charge on any atom is -0.469 e. The summed E-state index contributed by atoms with van der Waals surface area (Å²) in [5.74, 6) is 1.08. The molecule has 0 aliphatic rings. The van der Waals surface area contributed by atoms with Crippen molar-refractivity contribution in [3.8, 4) is 0 Å². The lowest BCUT2D eigenvalue weighted by Crippen LogP contribution is -2.09. The summed E-state index contributed by atoms with van der Waals surface area (Å²) in [6.07, 6.45) is 11.4. The maximum atomic E-state index is 11.0. The highest BCUT2D eigenvalue weighted by atomic mass is 32.2. The topological polar surface area (TPSA) is 26.3 Å². The number of rotatable bonds is 12. The van der Waals surface area contributed by atoms with Crippen LogP contribution in [-0.4, -0.2) is 24.1 Å². The Kier molecular flexibility index (Phi) is 13.1. The van der Waals surface area contributed by atoms with Crippen molar-refractivity contribution in [1.29, 1.82) is 0 Å². The highest BCUT2D eigenvalue weighted by Crippen LogP contribution is 2.17. The number of hydrogen-bond donors (Lipinski definition) is 0. The summed E-state index contributed by atoms with van der Waals surface area (Å²) in [7, 11) is 1.46. The Morgan fingerprint density at radius 1 is 1.06 bits per heavy atom. The van der Waals surface area contributed by atoms with Gasteiger partial charge in [0.05, 0.1) is 13.5 Å². The average Bonchev–Trinajstić information content (AvgIpc) is 2.36. The number of methoxy groups -OCH3 is 1. The van der Waals surface area contributed by atoms with Crippen molar-refractivity contribution in [2.24, 2.45) is 0 Å². The Balaban J connectivity index is 3.17. The van der Waals surface area contributed by atoms with Crippen molar-refractivity contribution in [1.82, 2.24) is 0 Å². The van der Waals surface area contributed by atoms with E-state index >= 15 is 0 Å². The van der Waals surface area contributed by atoms with Gasteiger partial charge in [-0.15, -0.1) is 0 Å². The normalized spacial score (nSPS) is 12.4. The second kappa shape index (κ2) is 13.3. The molecule has 0 fully saturated rings. The SMILES string of the molecule is CCCCCCCCCCSC(C)CC(=O)OC.